The standard InChI is InChI=1S/C15H23N3O4S/c1-11-8-16-15-18(13(11)19)9-12(10-23-15)14(20)17(4-6-21-2)5-7-22-3/h8,12H,4-7,9-10H2,1-3H3. The number of aryl methyl sites for hydroxylation is 1. The predicted molar refractivity (Wildman–Crippen MR) is 87.8 cm³/mol. The van der Waals surface area contributed by atoms with E-state index in [1.54, 1.807) is 36.8 Å². The van der Waals surface area contributed by atoms with Gasteiger partial charge in [-0.2, -0.15) is 0 Å². The first-order chi connectivity index (χ1) is 11.1. The van der Waals surface area contributed by atoms with Gasteiger partial charge < -0.3 is 14.4 Å². The summed E-state index contributed by atoms with van der Waals surface area (Å²) in [6, 6.07) is 0. The first-order valence-corrected chi connectivity index (χ1v) is 8.53. The molecule has 0 aromatic carbocycles. The van der Waals surface area contributed by atoms with E-state index in [4.69, 9.17) is 9.47 Å². The third kappa shape index (κ3) is 4.33. The quantitative estimate of drug-likeness (QED) is 0.668. The fourth-order valence-electron chi connectivity index (χ4n) is 2.44. The molecule has 0 bridgehead atoms. The van der Waals surface area contributed by atoms with Crippen LogP contribution >= 0.6 is 11.8 Å². The van der Waals surface area contributed by atoms with Gasteiger partial charge in [0.2, 0.25) is 5.91 Å². The van der Waals surface area contributed by atoms with Crippen molar-refractivity contribution in [2.75, 3.05) is 46.3 Å². The van der Waals surface area contributed by atoms with Gasteiger partial charge in [-0.05, 0) is 6.92 Å². The van der Waals surface area contributed by atoms with E-state index in [9.17, 15) is 9.59 Å². The molecular weight excluding hydrogens is 318 g/mol. The fourth-order valence-corrected chi connectivity index (χ4v) is 3.48. The van der Waals surface area contributed by atoms with Crippen LogP contribution in [0.4, 0.5) is 0 Å². The SMILES string of the molecule is COCCN(CCOC)C(=O)C1CSc2ncc(C)c(=O)n2C1. The molecule has 1 aromatic heterocycles. The summed E-state index contributed by atoms with van der Waals surface area (Å²) in [7, 11) is 3.22. The molecule has 0 saturated heterocycles. The lowest BCUT2D eigenvalue weighted by Gasteiger charge is -2.30. The summed E-state index contributed by atoms with van der Waals surface area (Å²) in [5.74, 6) is 0.429. The summed E-state index contributed by atoms with van der Waals surface area (Å²) in [6.45, 7) is 4.12. The Labute approximate surface area is 140 Å². The second kappa shape index (κ2) is 8.47. The molecule has 0 N–H and O–H groups in total. The molecule has 1 atom stereocenters. The van der Waals surface area contributed by atoms with Crippen LogP contribution < -0.4 is 5.56 Å². The van der Waals surface area contributed by atoms with Crippen LogP contribution in [0.25, 0.3) is 0 Å². The van der Waals surface area contributed by atoms with Gasteiger partial charge in [0, 0.05) is 51.4 Å². The predicted octanol–water partition coefficient (Wildman–Crippen LogP) is 0.395. The van der Waals surface area contributed by atoms with Gasteiger partial charge >= 0.3 is 0 Å². The van der Waals surface area contributed by atoms with Crippen LogP contribution in [0.2, 0.25) is 0 Å². The van der Waals surface area contributed by atoms with Crippen LogP contribution in [0.15, 0.2) is 16.1 Å². The minimum absolute atomic E-state index is 0.0330. The van der Waals surface area contributed by atoms with E-state index < -0.39 is 0 Å². The Morgan fingerprint density at radius 3 is 2.65 bits per heavy atom. The summed E-state index contributed by atoms with van der Waals surface area (Å²) in [4.78, 5) is 31.0. The van der Waals surface area contributed by atoms with Crippen molar-refractivity contribution in [3.05, 3.63) is 22.1 Å². The van der Waals surface area contributed by atoms with Crippen LogP contribution in [0.5, 0.6) is 0 Å². The third-order valence-corrected chi connectivity index (χ3v) is 4.94. The fraction of sp³-hybridized carbons (Fsp3) is 0.667. The highest BCUT2D eigenvalue weighted by Gasteiger charge is 2.30. The largest absolute Gasteiger partial charge is 0.383 e. The lowest BCUT2D eigenvalue weighted by atomic mass is 10.1. The topological polar surface area (TPSA) is 73.7 Å². The Bertz CT molecular complexity index is 597. The number of hydrogen-bond acceptors (Lipinski definition) is 6. The van der Waals surface area contributed by atoms with Crippen molar-refractivity contribution >= 4 is 17.7 Å². The Balaban J connectivity index is 2.12. The zero-order valence-electron chi connectivity index (χ0n) is 13.8. The van der Waals surface area contributed by atoms with Crippen molar-refractivity contribution in [1.82, 2.24) is 14.5 Å². The lowest BCUT2D eigenvalue weighted by molar-refractivity contribution is -0.136. The number of ether oxygens (including phenoxy) is 2. The van der Waals surface area contributed by atoms with E-state index in [0.29, 0.717) is 49.3 Å². The molecular formula is C15H23N3O4S. The van der Waals surface area contributed by atoms with Gasteiger partial charge in [-0.3, -0.25) is 14.2 Å². The zero-order valence-corrected chi connectivity index (χ0v) is 14.6. The summed E-state index contributed by atoms with van der Waals surface area (Å²) in [5, 5.41) is 0.685. The normalized spacial score (nSPS) is 16.9. The summed E-state index contributed by atoms with van der Waals surface area (Å²) in [6.07, 6.45) is 1.59. The van der Waals surface area contributed by atoms with Gasteiger partial charge in [0.05, 0.1) is 19.1 Å². The van der Waals surface area contributed by atoms with E-state index in [0.717, 1.165) is 0 Å². The molecule has 0 spiro atoms. The maximum atomic E-state index is 12.8. The maximum absolute atomic E-state index is 12.8. The first kappa shape index (κ1) is 18.0. The van der Waals surface area contributed by atoms with Crippen molar-refractivity contribution in [2.24, 2.45) is 5.92 Å². The number of fused-ring (bicyclic) bond motifs is 1. The average molecular weight is 341 g/mol. The monoisotopic (exact) mass is 341 g/mol. The molecule has 1 amide bonds. The number of nitrogens with zero attached hydrogens (tertiary/aromatic N) is 3. The van der Waals surface area contributed by atoms with Gasteiger partial charge in [0.25, 0.3) is 5.56 Å². The second-order valence-electron chi connectivity index (χ2n) is 5.46. The number of carbonyl (C=O) groups excluding carboxylic acids is 1. The summed E-state index contributed by atoms with van der Waals surface area (Å²) < 4.78 is 11.8. The maximum Gasteiger partial charge on any atom is 0.257 e. The van der Waals surface area contributed by atoms with Crippen LogP contribution in [-0.2, 0) is 20.8 Å². The number of amides is 1. The van der Waals surface area contributed by atoms with E-state index >= 15 is 0 Å². The minimum atomic E-state index is -0.234. The number of methoxy groups -OCH3 is 2. The molecule has 2 heterocycles. The smallest absolute Gasteiger partial charge is 0.257 e. The molecule has 7 nitrogen and oxygen atoms in total. The summed E-state index contributed by atoms with van der Waals surface area (Å²) in [5.41, 5.74) is 0.526. The highest BCUT2D eigenvalue weighted by molar-refractivity contribution is 7.99. The van der Waals surface area contributed by atoms with Gasteiger partial charge in [0.15, 0.2) is 5.16 Å². The van der Waals surface area contributed by atoms with Gasteiger partial charge in [-0.15, -0.1) is 0 Å². The van der Waals surface area contributed by atoms with Gasteiger partial charge in [0.1, 0.15) is 0 Å². The Morgan fingerprint density at radius 1 is 1.39 bits per heavy atom. The molecule has 1 aromatic rings. The molecule has 0 aliphatic carbocycles. The first-order valence-electron chi connectivity index (χ1n) is 7.54. The van der Waals surface area contributed by atoms with Crippen molar-refractivity contribution < 1.29 is 14.3 Å². The van der Waals surface area contributed by atoms with Crippen molar-refractivity contribution in [3.63, 3.8) is 0 Å². The number of thioether (sulfide) groups is 1. The van der Waals surface area contributed by atoms with E-state index in [2.05, 4.69) is 4.98 Å². The van der Waals surface area contributed by atoms with Crippen LogP contribution in [-0.4, -0.2) is 66.6 Å². The highest BCUT2D eigenvalue weighted by atomic mass is 32.2. The third-order valence-electron chi connectivity index (χ3n) is 3.79. The second-order valence-corrected chi connectivity index (χ2v) is 6.45. The molecule has 1 unspecified atom stereocenters. The van der Waals surface area contributed by atoms with Crippen LogP contribution in [0.1, 0.15) is 5.56 Å². The van der Waals surface area contributed by atoms with Gasteiger partial charge in [-0.25, -0.2) is 4.98 Å². The molecule has 1 aliphatic rings. The van der Waals surface area contributed by atoms with Crippen molar-refractivity contribution in [3.8, 4) is 0 Å². The van der Waals surface area contributed by atoms with Crippen molar-refractivity contribution in [2.45, 2.75) is 18.6 Å². The molecule has 0 fully saturated rings. The summed E-state index contributed by atoms with van der Waals surface area (Å²) >= 11 is 1.45. The van der Waals surface area contributed by atoms with Gasteiger partial charge in [-0.1, -0.05) is 11.8 Å². The zero-order chi connectivity index (χ0) is 16.8. The lowest BCUT2D eigenvalue weighted by Crippen LogP contribution is -2.45. The molecule has 0 saturated carbocycles. The number of aromatic nitrogens is 2. The van der Waals surface area contributed by atoms with Crippen molar-refractivity contribution in [1.29, 1.82) is 0 Å². The number of hydrogen-bond donors (Lipinski definition) is 0. The molecule has 8 heteroatoms. The Morgan fingerprint density at radius 2 is 2.04 bits per heavy atom. The number of carbonyl (C=O) groups is 1. The average Bonchev–Trinajstić information content (AvgIpc) is 2.57. The molecule has 1 aliphatic heterocycles. The molecule has 23 heavy (non-hydrogen) atoms. The van der Waals surface area contributed by atoms with E-state index in [-0.39, 0.29) is 17.4 Å². The van der Waals surface area contributed by atoms with E-state index in [1.807, 2.05) is 0 Å². The number of rotatable bonds is 7. The molecule has 2 rings (SSSR count). The highest BCUT2D eigenvalue weighted by Crippen LogP contribution is 2.26. The minimum Gasteiger partial charge on any atom is -0.383 e. The van der Waals surface area contributed by atoms with Crippen LogP contribution in [0.3, 0.4) is 0 Å². The molecule has 128 valence electrons. The Hall–Kier alpha value is -1.38. The Kier molecular flexibility index (Phi) is 6.61. The molecule has 0 radical (unpaired) electrons. The van der Waals surface area contributed by atoms with E-state index in [1.165, 1.54) is 11.8 Å². The van der Waals surface area contributed by atoms with Crippen LogP contribution in [0, 0.1) is 12.8 Å².